The van der Waals surface area contributed by atoms with Crippen molar-refractivity contribution in [1.29, 1.82) is 0 Å². The summed E-state index contributed by atoms with van der Waals surface area (Å²) in [5.41, 5.74) is 1.78. The molecule has 102 valence electrons. The minimum absolute atomic E-state index is 0.0984. The Kier molecular flexibility index (Phi) is 4.20. The summed E-state index contributed by atoms with van der Waals surface area (Å²) in [6, 6.07) is 4.37. The molecule has 4 heteroatoms. The van der Waals surface area contributed by atoms with Crippen LogP contribution in [-0.2, 0) is 6.54 Å². The highest BCUT2D eigenvalue weighted by molar-refractivity contribution is 5.93. The van der Waals surface area contributed by atoms with Gasteiger partial charge in [0.05, 0.1) is 18.3 Å². The van der Waals surface area contributed by atoms with Gasteiger partial charge >= 0.3 is 0 Å². The molecule has 2 aromatic rings. The number of nitrogens with zero attached hydrogens (tertiary/aromatic N) is 3. The molecule has 0 atom stereocenters. The van der Waals surface area contributed by atoms with E-state index in [9.17, 15) is 4.79 Å². The minimum atomic E-state index is 0.0984. The van der Waals surface area contributed by atoms with Crippen LogP contribution in [0, 0.1) is 0 Å². The largest absolute Gasteiger partial charge is 0.348 e. The van der Waals surface area contributed by atoms with Gasteiger partial charge in [0.15, 0.2) is 5.78 Å². The quantitative estimate of drug-likeness (QED) is 0.747. The zero-order valence-electron chi connectivity index (χ0n) is 11.8. The third-order valence-corrected chi connectivity index (χ3v) is 3.48. The molecule has 0 aliphatic heterocycles. The summed E-state index contributed by atoms with van der Waals surface area (Å²) in [6.45, 7) is 6.66. The summed E-state index contributed by atoms with van der Waals surface area (Å²) in [5, 5.41) is 4.61. The number of Topliss-reactive ketones (excluding diaryl/α,β-unsaturated/α-hetero) is 1. The van der Waals surface area contributed by atoms with E-state index in [1.54, 1.807) is 6.92 Å². The van der Waals surface area contributed by atoms with E-state index in [1.807, 2.05) is 40.0 Å². The Morgan fingerprint density at radius 3 is 2.58 bits per heavy atom. The monoisotopic (exact) mass is 259 g/mol. The van der Waals surface area contributed by atoms with Crippen molar-refractivity contribution in [3.8, 4) is 0 Å². The second-order valence-electron chi connectivity index (χ2n) is 4.89. The van der Waals surface area contributed by atoms with Crippen LogP contribution in [0.15, 0.2) is 30.7 Å². The van der Waals surface area contributed by atoms with Crippen LogP contribution in [0.2, 0.25) is 0 Å². The van der Waals surface area contributed by atoms with Gasteiger partial charge in [-0.15, -0.1) is 0 Å². The van der Waals surface area contributed by atoms with Crippen LogP contribution in [0.3, 0.4) is 0 Å². The minimum Gasteiger partial charge on any atom is -0.348 e. The Morgan fingerprint density at radius 2 is 2.00 bits per heavy atom. The zero-order chi connectivity index (χ0) is 13.8. The van der Waals surface area contributed by atoms with Gasteiger partial charge in [0.2, 0.25) is 0 Å². The molecule has 0 aromatic carbocycles. The van der Waals surface area contributed by atoms with Crippen LogP contribution < -0.4 is 0 Å². The van der Waals surface area contributed by atoms with Crippen molar-refractivity contribution < 1.29 is 4.79 Å². The lowest BCUT2D eigenvalue weighted by Gasteiger charge is -2.12. The summed E-state index contributed by atoms with van der Waals surface area (Å²) in [4.78, 5) is 11.2. The molecule has 0 saturated heterocycles. The van der Waals surface area contributed by atoms with Gasteiger partial charge in [-0.1, -0.05) is 13.8 Å². The molecular formula is C15H21N3O. The number of carbonyl (C=O) groups excluding carboxylic acids is 1. The number of rotatable bonds is 6. The summed E-state index contributed by atoms with van der Waals surface area (Å²) in [5.74, 6) is 0.0984. The van der Waals surface area contributed by atoms with Crippen molar-refractivity contribution in [3.63, 3.8) is 0 Å². The Bertz CT molecular complexity index is 549. The standard InChI is InChI=1S/C15H21N3O/c1-4-15(5-2)18-9-7-14(16-18)11-17-8-6-13(10-17)12(3)19/h6-10,15H,4-5,11H2,1-3H3. The van der Waals surface area contributed by atoms with Crippen molar-refractivity contribution in [2.75, 3.05) is 0 Å². The Morgan fingerprint density at radius 1 is 1.26 bits per heavy atom. The maximum atomic E-state index is 11.2. The van der Waals surface area contributed by atoms with Gasteiger partial charge < -0.3 is 4.57 Å². The smallest absolute Gasteiger partial charge is 0.161 e. The first-order valence-corrected chi connectivity index (χ1v) is 6.84. The van der Waals surface area contributed by atoms with Crippen LogP contribution in [0.5, 0.6) is 0 Å². The first kappa shape index (κ1) is 13.6. The van der Waals surface area contributed by atoms with Crippen molar-refractivity contribution in [3.05, 3.63) is 42.0 Å². The average molecular weight is 259 g/mol. The van der Waals surface area contributed by atoms with Crippen LogP contribution in [0.4, 0.5) is 0 Å². The molecule has 0 amide bonds. The third kappa shape index (κ3) is 3.13. The molecule has 2 rings (SSSR count). The SMILES string of the molecule is CCC(CC)n1ccc(Cn2ccc(C(C)=O)c2)n1. The molecule has 0 N–H and O–H groups in total. The number of carbonyl (C=O) groups is 1. The molecule has 0 saturated carbocycles. The average Bonchev–Trinajstić information content (AvgIpc) is 3.01. The van der Waals surface area contributed by atoms with E-state index in [0.717, 1.165) is 24.1 Å². The highest BCUT2D eigenvalue weighted by Gasteiger charge is 2.08. The Labute approximate surface area is 114 Å². The first-order valence-electron chi connectivity index (χ1n) is 6.84. The Balaban J connectivity index is 2.08. The van der Waals surface area contributed by atoms with Crippen LogP contribution >= 0.6 is 0 Å². The van der Waals surface area contributed by atoms with Gasteiger partial charge in [-0.25, -0.2) is 0 Å². The maximum absolute atomic E-state index is 11.2. The molecule has 19 heavy (non-hydrogen) atoms. The van der Waals surface area contributed by atoms with Crippen molar-refractivity contribution in [1.82, 2.24) is 14.3 Å². The molecule has 0 aliphatic rings. The lowest BCUT2D eigenvalue weighted by atomic mass is 10.2. The van der Waals surface area contributed by atoms with Crippen LogP contribution in [0.25, 0.3) is 0 Å². The van der Waals surface area contributed by atoms with Crippen molar-refractivity contribution >= 4 is 5.78 Å². The highest BCUT2D eigenvalue weighted by Crippen LogP contribution is 2.15. The number of ketones is 1. The predicted molar refractivity (Wildman–Crippen MR) is 75.4 cm³/mol. The van der Waals surface area contributed by atoms with Crippen LogP contribution in [-0.4, -0.2) is 20.1 Å². The topological polar surface area (TPSA) is 39.8 Å². The molecule has 0 bridgehead atoms. The summed E-state index contributed by atoms with van der Waals surface area (Å²) < 4.78 is 4.04. The van der Waals surface area contributed by atoms with E-state index in [-0.39, 0.29) is 5.78 Å². The second-order valence-corrected chi connectivity index (χ2v) is 4.89. The van der Waals surface area contributed by atoms with E-state index in [2.05, 4.69) is 18.9 Å². The summed E-state index contributed by atoms with van der Waals surface area (Å²) in [7, 11) is 0. The number of aromatic nitrogens is 3. The third-order valence-electron chi connectivity index (χ3n) is 3.48. The predicted octanol–water partition coefficient (Wildman–Crippen LogP) is 3.30. The van der Waals surface area contributed by atoms with Gasteiger partial charge in [0.25, 0.3) is 0 Å². The van der Waals surface area contributed by atoms with E-state index in [1.165, 1.54) is 0 Å². The molecule has 2 aromatic heterocycles. The van der Waals surface area contributed by atoms with Gasteiger partial charge in [-0.05, 0) is 31.9 Å². The van der Waals surface area contributed by atoms with E-state index >= 15 is 0 Å². The van der Waals surface area contributed by atoms with Crippen LogP contribution in [0.1, 0.15) is 55.7 Å². The van der Waals surface area contributed by atoms with Gasteiger partial charge in [-0.3, -0.25) is 9.48 Å². The molecule has 0 unspecified atom stereocenters. The molecule has 4 nitrogen and oxygen atoms in total. The van der Waals surface area contributed by atoms with Gasteiger partial charge in [-0.2, -0.15) is 5.10 Å². The fourth-order valence-electron chi connectivity index (χ4n) is 2.26. The van der Waals surface area contributed by atoms with E-state index in [4.69, 9.17) is 0 Å². The number of hydrogen-bond acceptors (Lipinski definition) is 2. The Hall–Kier alpha value is -1.84. The zero-order valence-corrected chi connectivity index (χ0v) is 11.8. The molecule has 0 spiro atoms. The molecule has 2 heterocycles. The fraction of sp³-hybridized carbons (Fsp3) is 0.467. The molecule has 0 radical (unpaired) electrons. The second kappa shape index (κ2) is 5.87. The number of hydrogen-bond donors (Lipinski definition) is 0. The highest BCUT2D eigenvalue weighted by atomic mass is 16.1. The van der Waals surface area contributed by atoms with Gasteiger partial charge in [0, 0.05) is 24.2 Å². The maximum Gasteiger partial charge on any atom is 0.161 e. The first-order chi connectivity index (χ1) is 9.13. The summed E-state index contributed by atoms with van der Waals surface area (Å²) >= 11 is 0. The lowest BCUT2D eigenvalue weighted by molar-refractivity contribution is 0.101. The summed E-state index contributed by atoms with van der Waals surface area (Å²) in [6.07, 6.45) is 8.03. The van der Waals surface area contributed by atoms with Gasteiger partial charge in [0.1, 0.15) is 0 Å². The normalized spacial score (nSPS) is 11.2. The molecule has 0 aliphatic carbocycles. The van der Waals surface area contributed by atoms with Crippen molar-refractivity contribution in [2.45, 2.75) is 46.2 Å². The van der Waals surface area contributed by atoms with Crippen molar-refractivity contribution in [2.24, 2.45) is 0 Å². The van der Waals surface area contributed by atoms with E-state index < -0.39 is 0 Å². The molecule has 0 fully saturated rings. The molecular weight excluding hydrogens is 238 g/mol. The fourth-order valence-corrected chi connectivity index (χ4v) is 2.26. The van der Waals surface area contributed by atoms with E-state index in [0.29, 0.717) is 12.6 Å². The lowest BCUT2D eigenvalue weighted by Crippen LogP contribution is -2.08.